The molecule has 98 valence electrons. The van der Waals surface area contributed by atoms with Gasteiger partial charge in [0, 0.05) is 17.7 Å². The minimum Gasteiger partial charge on any atom is -0.295 e. The lowest BCUT2D eigenvalue weighted by Gasteiger charge is -2.14. The molecule has 0 unspecified atom stereocenters. The summed E-state index contributed by atoms with van der Waals surface area (Å²) in [6.45, 7) is 9.78. The highest BCUT2D eigenvalue weighted by atomic mass is 35.5. The van der Waals surface area contributed by atoms with Crippen LogP contribution in [0.1, 0.15) is 34.6 Å². The van der Waals surface area contributed by atoms with Crippen LogP contribution in [-0.2, 0) is 9.59 Å². The van der Waals surface area contributed by atoms with E-state index in [0.29, 0.717) is 5.88 Å². The van der Waals surface area contributed by atoms with Crippen LogP contribution in [0.5, 0.6) is 0 Å². The molecule has 0 bridgehead atoms. The molecule has 0 fully saturated rings. The number of carbonyl (C=O) groups excluding carboxylic acids is 2. The van der Waals surface area contributed by atoms with Gasteiger partial charge >= 0.3 is 0 Å². The Kier molecular flexibility index (Phi) is 7.37. The maximum Gasteiger partial charge on any atom is 0.160 e. The lowest BCUT2D eigenvalue weighted by Crippen LogP contribution is -2.21. The number of carbonyl (C=O) groups is 2. The van der Waals surface area contributed by atoms with Crippen LogP contribution in [0.2, 0.25) is 0 Å². The summed E-state index contributed by atoms with van der Waals surface area (Å²) in [5.41, 5.74) is 0. The molecule has 0 aliphatic heterocycles. The van der Waals surface area contributed by atoms with E-state index >= 15 is 0 Å². The van der Waals surface area contributed by atoms with Crippen molar-refractivity contribution in [2.45, 2.75) is 34.6 Å². The van der Waals surface area contributed by atoms with E-state index in [0.717, 1.165) is 0 Å². The first-order valence-corrected chi connectivity index (χ1v) is 6.66. The van der Waals surface area contributed by atoms with Crippen LogP contribution in [0.25, 0.3) is 0 Å². The summed E-state index contributed by atoms with van der Waals surface area (Å²) in [5.74, 6) is 0.486. The zero-order chi connectivity index (χ0) is 13.6. The smallest absolute Gasteiger partial charge is 0.160 e. The fourth-order valence-corrected chi connectivity index (χ4v) is 1.86. The molecular weight excluding hydrogens is 236 g/mol. The Morgan fingerprint density at radius 3 is 1.76 bits per heavy atom. The molecule has 0 saturated heterocycles. The van der Waals surface area contributed by atoms with Crippen molar-refractivity contribution in [1.29, 1.82) is 0 Å². The Labute approximate surface area is 109 Å². The molecule has 0 rings (SSSR count). The topological polar surface area (TPSA) is 34.1 Å². The molecule has 0 aromatic rings. The van der Waals surface area contributed by atoms with Crippen molar-refractivity contribution in [2.24, 2.45) is 23.7 Å². The highest BCUT2D eigenvalue weighted by Gasteiger charge is 2.20. The average molecular weight is 259 g/mol. The summed E-state index contributed by atoms with van der Waals surface area (Å²) in [6.07, 6.45) is 2.78. The first kappa shape index (κ1) is 16.4. The average Bonchev–Trinajstić information content (AvgIpc) is 2.24. The molecule has 3 heteroatoms. The van der Waals surface area contributed by atoms with Gasteiger partial charge in [0.1, 0.15) is 0 Å². The van der Waals surface area contributed by atoms with Gasteiger partial charge < -0.3 is 0 Å². The second-order valence-corrected chi connectivity index (χ2v) is 5.48. The fraction of sp³-hybridized carbons (Fsp3) is 0.714. The summed E-state index contributed by atoms with van der Waals surface area (Å²) < 4.78 is 0. The summed E-state index contributed by atoms with van der Waals surface area (Å²) in [6, 6.07) is 0. The second-order valence-electron chi connectivity index (χ2n) is 5.18. The third kappa shape index (κ3) is 5.49. The van der Waals surface area contributed by atoms with Crippen molar-refractivity contribution >= 4 is 23.2 Å². The normalized spacial score (nSPS) is 15.5. The minimum atomic E-state index is -0.199. The van der Waals surface area contributed by atoms with Crippen LogP contribution in [0.4, 0.5) is 0 Å². The number of allylic oxidation sites excluding steroid dienone is 2. The summed E-state index contributed by atoms with van der Waals surface area (Å²) in [7, 11) is 0. The number of rotatable bonds is 7. The van der Waals surface area contributed by atoms with Crippen molar-refractivity contribution in [2.75, 3.05) is 5.88 Å². The van der Waals surface area contributed by atoms with E-state index in [2.05, 4.69) is 0 Å². The van der Waals surface area contributed by atoms with Crippen LogP contribution in [0.3, 0.4) is 0 Å². The van der Waals surface area contributed by atoms with Gasteiger partial charge in [-0.05, 0) is 24.0 Å². The van der Waals surface area contributed by atoms with Crippen molar-refractivity contribution in [1.82, 2.24) is 0 Å². The van der Waals surface area contributed by atoms with Crippen LogP contribution >= 0.6 is 11.6 Å². The van der Waals surface area contributed by atoms with Gasteiger partial charge in [-0.15, -0.1) is 11.6 Å². The zero-order valence-corrected chi connectivity index (χ0v) is 12.1. The summed E-state index contributed by atoms with van der Waals surface area (Å²) in [5, 5.41) is 0. The van der Waals surface area contributed by atoms with Crippen molar-refractivity contribution in [3.8, 4) is 0 Å². The third-order valence-electron chi connectivity index (χ3n) is 3.20. The van der Waals surface area contributed by atoms with Crippen LogP contribution < -0.4 is 0 Å². The van der Waals surface area contributed by atoms with Gasteiger partial charge in [0.25, 0.3) is 0 Å². The number of halogens is 1. The standard InChI is InChI=1S/C14H23ClO2/c1-9(2)11(5)13(16)6-7-14(17)12(8-15)10(3)4/h6-7,9-12H,8H2,1-5H3/b7-6+/t11-,12-/m0/s1. The minimum absolute atomic E-state index is 0.00503. The number of alkyl halides is 1. The quantitative estimate of drug-likeness (QED) is 0.518. The number of ketones is 2. The molecule has 2 nitrogen and oxygen atoms in total. The van der Waals surface area contributed by atoms with Crippen molar-refractivity contribution in [3.05, 3.63) is 12.2 Å². The molecular formula is C14H23ClO2. The SMILES string of the molecule is CC(C)[C@H](C)C(=O)/C=C/C(=O)[C@@H](CCl)C(C)C. The number of hydrogen-bond acceptors (Lipinski definition) is 2. The van der Waals surface area contributed by atoms with E-state index in [9.17, 15) is 9.59 Å². The molecule has 0 aromatic heterocycles. The molecule has 0 spiro atoms. The third-order valence-corrected chi connectivity index (χ3v) is 3.53. The van der Waals surface area contributed by atoms with Crippen LogP contribution in [0.15, 0.2) is 12.2 Å². The van der Waals surface area contributed by atoms with Crippen molar-refractivity contribution in [3.63, 3.8) is 0 Å². The highest BCUT2D eigenvalue weighted by molar-refractivity contribution is 6.20. The molecule has 0 heterocycles. The second kappa shape index (κ2) is 7.65. The van der Waals surface area contributed by atoms with E-state index < -0.39 is 0 Å². The fourth-order valence-electron chi connectivity index (χ4n) is 1.35. The largest absolute Gasteiger partial charge is 0.295 e. The summed E-state index contributed by atoms with van der Waals surface area (Å²) >= 11 is 5.75. The molecule has 0 aliphatic carbocycles. The Hall–Kier alpha value is -0.630. The Bertz CT molecular complexity index is 293. The highest BCUT2D eigenvalue weighted by Crippen LogP contribution is 2.15. The van der Waals surface area contributed by atoms with E-state index in [1.165, 1.54) is 12.2 Å². The lowest BCUT2D eigenvalue weighted by molar-refractivity contribution is -0.121. The monoisotopic (exact) mass is 258 g/mol. The Morgan fingerprint density at radius 2 is 1.41 bits per heavy atom. The van der Waals surface area contributed by atoms with Gasteiger partial charge in [0.2, 0.25) is 0 Å². The van der Waals surface area contributed by atoms with Gasteiger partial charge in [-0.25, -0.2) is 0 Å². The lowest BCUT2D eigenvalue weighted by atomic mass is 9.91. The molecule has 0 saturated carbocycles. The van der Waals surface area contributed by atoms with Crippen molar-refractivity contribution < 1.29 is 9.59 Å². The maximum absolute atomic E-state index is 11.8. The van der Waals surface area contributed by atoms with E-state index in [4.69, 9.17) is 11.6 Å². The maximum atomic E-state index is 11.8. The van der Waals surface area contributed by atoms with Gasteiger partial charge in [-0.3, -0.25) is 9.59 Å². The molecule has 0 N–H and O–H groups in total. The Morgan fingerprint density at radius 1 is 0.941 bits per heavy atom. The molecule has 0 aliphatic rings. The summed E-state index contributed by atoms with van der Waals surface area (Å²) in [4.78, 5) is 23.5. The van der Waals surface area contributed by atoms with Gasteiger partial charge in [0.15, 0.2) is 11.6 Å². The van der Waals surface area contributed by atoms with E-state index in [-0.39, 0.29) is 35.2 Å². The van der Waals surface area contributed by atoms with E-state index in [1.807, 2.05) is 34.6 Å². The van der Waals surface area contributed by atoms with Gasteiger partial charge in [-0.2, -0.15) is 0 Å². The molecule has 2 atom stereocenters. The van der Waals surface area contributed by atoms with E-state index in [1.54, 1.807) is 0 Å². The first-order valence-electron chi connectivity index (χ1n) is 6.13. The molecule has 0 amide bonds. The molecule has 0 aromatic carbocycles. The van der Waals surface area contributed by atoms with Crippen LogP contribution in [0, 0.1) is 23.7 Å². The number of hydrogen-bond donors (Lipinski definition) is 0. The zero-order valence-electron chi connectivity index (χ0n) is 11.4. The Balaban J connectivity index is 4.52. The predicted octanol–water partition coefficient (Wildman–Crippen LogP) is 3.48. The van der Waals surface area contributed by atoms with Crippen LogP contribution in [-0.4, -0.2) is 17.4 Å². The first-order chi connectivity index (χ1) is 7.81. The molecule has 17 heavy (non-hydrogen) atoms. The predicted molar refractivity (Wildman–Crippen MR) is 72.2 cm³/mol. The molecule has 0 radical (unpaired) electrons. The van der Waals surface area contributed by atoms with Gasteiger partial charge in [-0.1, -0.05) is 34.6 Å². The van der Waals surface area contributed by atoms with Gasteiger partial charge in [0.05, 0.1) is 0 Å².